The number of rotatable bonds is 7. The number of methoxy groups -OCH3 is 1. The van der Waals surface area contributed by atoms with Gasteiger partial charge in [-0.15, -0.1) is 0 Å². The Morgan fingerprint density at radius 2 is 2.16 bits per heavy atom. The number of nitro benzene ring substituents is 1. The molecule has 1 rings (SSSR count). The minimum Gasteiger partial charge on any atom is -0.497 e. The van der Waals surface area contributed by atoms with Gasteiger partial charge >= 0.3 is 0 Å². The second kappa shape index (κ2) is 6.34. The second-order valence-electron chi connectivity index (χ2n) is 3.79. The molecule has 0 aliphatic rings. The number of nitrogens with one attached hydrogen (secondary N) is 1. The third-order valence-electron chi connectivity index (χ3n) is 2.32. The highest BCUT2D eigenvalue weighted by Gasteiger charge is 2.14. The molecule has 0 spiro atoms. The maximum Gasteiger partial charge on any atom is 0.292 e. The molecular formula is C10H15N3O5S. The van der Waals surface area contributed by atoms with Crippen LogP contribution in [0.15, 0.2) is 18.2 Å². The molecule has 106 valence electrons. The molecule has 0 saturated carbocycles. The smallest absolute Gasteiger partial charge is 0.292 e. The fourth-order valence-electron chi connectivity index (χ4n) is 1.44. The van der Waals surface area contributed by atoms with Gasteiger partial charge in [0.05, 0.1) is 17.8 Å². The number of nitrogens with two attached hydrogens (primary N) is 1. The molecule has 0 unspecified atom stereocenters. The maximum atomic E-state index is 10.8. The van der Waals surface area contributed by atoms with Crippen LogP contribution in [0.1, 0.15) is 6.42 Å². The number of ether oxygens (including phenoxy) is 1. The lowest BCUT2D eigenvalue weighted by Gasteiger charge is -2.08. The Labute approximate surface area is 110 Å². The molecule has 0 saturated heterocycles. The number of anilines is 1. The van der Waals surface area contributed by atoms with Gasteiger partial charge in [-0.05, 0) is 12.5 Å². The summed E-state index contributed by atoms with van der Waals surface area (Å²) in [6.45, 7) is 0.254. The Morgan fingerprint density at radius 1 is 1.47 bits per heavy atom. The van der Waals surface area contributed by atoms with E-state index in [1.54, 1.807) is 0 Å². The zero-order chi connectivity index (χ0) is 14.5. The first kappa shape index (κ1) is 15.2. The van der Waals surface area contributed by atoms with Crippen LogP contribution in [-0.2, 0) is 10.0 Å². The molecule has 9 heteroatoms. The molecule has 0 aliphatic heterocycles. The lowest BCUT2D eigenvalue weighted by molar-refractivity contribution is -0.384. The van der Waals surface area contributed by atoms with Gasteiger partial charge in [0.25, 0.3) is 5.69 Å². The summed E-state index contributed by atoms with van der Waals surface area (Å²) in [6, 6.07) is 4.28. The second-order valence-corrected chi connectivity index (χ2v) is 5.52. The SMILES string of the molecule is COc1ccc([N+](=O)[O-])c(NCCCS(N)(=O)=O)c1. The summed E-state index contributed by atoms with van der Waals surface area (Å²) in [5.41, 5.74) is 0.176. The zero-order valence-corrected chi connectivity index (χ0v) is 11.1. The van der Waals surface area contributed by atoms with Crippen molar-refractivity contribution < 1.29 is 18.1 Å². The van der Waals surface area contributed by atoms with Crippen molar-refractivity contribution in [1.82, 2.24) is 0 Å². The standard InChI is InChI=1S/C10H15N3O5S/c1-18-8-3-4-10(13(14)15)9(7-8)12-5-2-6-19(11,16)17/h3-4,7,12H,2,5-6H2,1H3,(H2,11,16,17). The molecule has 1 aromatic rings. The normalized spacial score (nSPS) is 11.1. The van der Waals surface area contributed by atoms with Crippen molar-refractivity contribution in [2.45, 2.75) is 6.42 Å². The monoisotopic (exact) mass is 289 g/mol. The first-order chi connectivity index (χ1) is 8.83. The minimum absolute atomic E-state index is 0.101. The Hall–Kier alpha value is -1.87. The van der Waals surface area contributed by atoms with Gasteiger partial charge in [0.1, 0.15) is 11.4 Å². The van der Waals surface area contributed by atoms with E-state index in [1.807, 2.05) is 0 Å². The van der Waals surface area contributed by atoms with E-state index >= 15 is 0 Å². The van der Waals surface area contributed by atoms with E-state index in [-0.39, 0.29) is 30.1 Å². The van der Waals surface area contributed by atoms with Gasteiger partial charge in [0, 0.05) is 18.7 Å². The van der Waals surface area contributed by atoms with Gasteiger partial charge in [-0.2, -0.15) is 0 Å². The van der Waals surface area contributed by atoms with Crippen molar-refractivity contribution in [2.24, 2.45) is 5.14 Å². The Bertz CT molecular complexity index is 558. The number of sulfonamides is 1. The number of hydrogen-bond acceptors (Lipinski definition) is 6. The predicted molar refractivity (Wildman–Crippen MR) is 70.7 cm³/mol. The molecule has 19 heavy (non-hydrogen) atoms. The molecule has 0 radical (unpaired) electrons. The maximum absolute atomic E-state index is 10.8. The van der Waals surface area contributed by atoms with Crippen molar-refractivity contribution >= 4 is 21.4 Å². The Kier molecular flexibility index (Phi) is 5.07. The Balaban J connectivity index is 2.72. The summed E-state index contributed by atoms with van der Waals surface area (Å²) >= 11 is 0. The van der Waals surface area contributed by atoms with Crippen LogP contribution in [0.4, 0.5) is 11.4 Å². The molecule has 0 amide bonds. The minimum atomic E-state index is -3.52. The largest absolute Gasteiger partial charge is 0.497 e. The van der Waals surface area contributed by atoms with Crippen molar-refractivity contribution in [3.8, 4) is 5.75 Å². The fourth-order valence-corrected chi connectivity index (χ4v) is 1.99. The van der Waals surface area contributed by atoms with Crippen molar-refractivity contribution in [3.05, 3.63) is 28.3 Å². The molecule has 1 aromatic carbocycles. The molecule has 0 bridgehead atoms. The third-order valence-corrected chi connectivity index (χ3v) is 3.18. The molecule has 0 heterocycles. The summed E-state index contributed by atoms with van der Waals surface area (Å²) < 4.78 is 26.5. The van der Waals surface area contributed by atoms with Crippen molar-refractivity contribution in [3.63, 3.8) is 0 Å². The van der Waals surface area contributed by atoms with Crippen LogP contribution in [0.5, 0.6) is 5.75 Å². The summed E-state index contributed by atoms with van der Waals surface area (Å²) in [5, 5.41) is 18.5. The fraction of sp³-hybridized carbons (Fsp3) is 0.400. The molecular weight excluding hydrogens is 274 g/mol. The summed E-state index contributed by atoms with van der Waals surface area (Å²) in [6.07, 6.45) is 0.257. The summed E-state index contributed by atoms with van der Waals surface area (Å²) in [5.74, 6) is 0.289. The van der Waals surface area contributed by atoms with Crippen LogP contribution in [0, 0.1) is 10.1 Å². The van der Waals surface area contributed by atoms with Gasteiger partial charge in [0.2, 0.25) is 10.0 Å². The summed E-state index contributed by atoms with van der Waals surface area (Å²) in [4.78, 5) is 10.3. The quantitative estimate of drug-likeness (QED) is 0.432. The van der Waals surface area contributed by atoms with Crippen LogP contribution in [0.3, 0.4) is 0 Å². The number of benzene rings is 1. The van der Waals surface area contributed by atoms with Gasteiger partial charge < -0.3 is 10.1 Å². The van der Waals surface area contributed by atoms with E-state index in [0.29, 0.717) is 5.75 Å². The first-order valence-electron chi connectivity index (χ1n) is 5.40. The lowest BCUT2D eigenvalue weighted by atomic mass is 10.2. The topological polar surface area (TPSA) is 125 Å². The number of hydrogen-bond donors (Lipinski definition) is 2. The van der Waals surface area contributed by atoms with E-state index in [2.05, 4.69) is 5.32 Å². The van der Waals surface area contributed by atoms with Gasteiger partial charge in [-0.1, -0.05) is 0 Å². The van der Waals surface area contributed by atoms with E-state index in [9.17, 15) is 18.5 Å². The van der Waals surface area contributed by atoms with Crippen LogP contribution in [0.25, 0.3) is 0 Å². The van der Waals surface area contributed by atoms with Gasteiger partial charge in [-0.25, -0.2) is 13.6 Å². The van der Waals surface area contributed by atoms with Gasteiger partial charge in [0.15, 0.2) is 0 Å². The molecule has 0 aliphatic carbocycles. The molecule has 3 N–H and O–H groups in total. The average molecular weight is 289 g/mol. The molecule has 0 aromatic heterocycles. The van der Waals surface area contributed by atoms with Crippen molar-refractivity contribution in [1.29, 1.82) is 0 Å². The van der Waals surface area contributed by atoms with Gasteiger partial charge in [-0.3, -0.25) is 10.1 Å². The van der Waals surface area contributed by atoms with E-state index in [1.165, 1.54) is 25.3 Å². The lowest BCUT2D eigenvalue weighted by Crippen LogP contribution is -2.18. The van der Waals surface area contributed by atoms with E-state index in [0.717, 1.165) is 0 Å². The van der Waals surface area contributed by atoms with Crippen LogP contribution >= 0.6 is 0 Å². The summed E-state index contributed by atoms with van der Waals surface area (Å²) in [7, 11) is -2.07. The Morgan fingerprint density at radius 3 is 2.68 bits per heavy atom. The molecule has 0 atom stereocenters. The third kappa shape index (κ3) is 5.10. The van der Waals surface area contributed by atoms with Crippen molar-refractivity contribution in [2.75, 3.05) is 24.7 Å². The predicted octanol–water partition coefficient (Wildman–Crippen LogP) is 0.694. The zero-order valence-electron chi connectivity index (χ0n) is 10.3. The highest BCUT2D eigenvalue weighted by Crippen LogP contribution is 2.28. The number of nitrogens with zero attached hydrogens (tertiary/aromatic N) is 1. The van der Waals surface area contributed by atoms with Crippen LogP contribution in [-0.4, -0.2) is 32.7 Å². The van der Waals surface area contributed by atoms with Crippen LogP contribution < -0.4 is 15.2 Å². The molecule has 0 fully saturated rings. The van der Waals surface area contributed by atoms with E-state index < -0.39 is 14.9 Å². The highest BCUT2D eigenvalue weighted by atomic mass is 32.2. The first-order valence-corrected chi connectivity index (χ1v) is 7.12. The average Bonchev–Trinajstić information content (AvgIpc) is 2.33. The number of primary sulfonamides is 1. The number of nitro groups is 1. The highest BCUT2D eigenvalue weighted by molar-refractivity contribution is 7.89. The van der Waals surface area contributed by atoms with E-state index in [4.69, 9.17) is 9.88 Å². The molecule has 8 nitrogen and oxygen atoms in total. The van der Waals surface area contributed by atoms with Crippen LogP contribution in [0.2, 0.25) is 0 Å².